The predicted molar refractivity (Wildman–Crippen MR) is 71.3 cm³/mol. The van der Waals surface area contributed by atoms with Gasteiger partial charge in [0.1, 0.15) is 5.54 Å². The maximum atomic E-state index is 11.4. The molecule has 2 N–H and O–H groups in total. The zero-order valence-corrected chi connectivity index (χ0v) is 11.7. The normalized spacial score (nSPS) is 20.4. The first-order chi connectivity index (χ1) is 8.56. The molecule has 4 nitrogen and oxygen atoms in total. The molecule has 0 radical (unpaired) electrons. The molecule has 0 amide bonds. The second-order valence-electron chi connectivity index (χ2n) is 5.50. The molecule has 0 heterocycles. The fraction of sp³-hybridized carbons (Fsp3) is 0.929. The summed E-state index contributed by atoms with van der Waals surface area (Å²) in [6.07, 6.45) is 9.33. The summed E-state index contributed by atoms with van der Waals surface area (Å²) in [7, 11) is 1.37. The number of nitrogens with two attached hydrogens (primary N) is 1. The molecule has 1 aliphatic carbocycles. The second-order valence-corrected chi connectivity index (χ2v) is 5.50. The maximum Gasteiger partial charge on any atom is 0.325 e. The predicted octanol–water partition coefficient (Wildman–Crippen LogP) is 2.40. The summed E-state index contributed by atoms with van der Waals surface area (Å²) in [4.78, 5) is 11.4. The summed E-state index contributed by atoms with van der Waals surface area (Å²) in [6, 6.07) is 0. The van der Waals surface area contributed by atoms with Crippen molar-refractivity contribution in [1.82, 2.24) is 0 Å². The van der Waals surface area contributed by atoms with E-state index >= 15 is 0 Å². The average molecular weight is 257 g/mol. The van der Waals surface area contributed by atoms with E-state index in [1.54, 1.807) is 6.92 Å². The number of unbranched alkanes of at least 4 members (excludes halogenated alkanes) is 1. The number of hydrogen-bond acceptors (Lipinski definition) is 4. The van der Waals surface area contributed by atoms with Crippen molar-refractivity contribution < 1.29 is 14.3 Å². The first-order valence-electron chi connectivity index (χ1n) is 7.05. The molecule has 1 aliphatic rings. The van der Waals surface area contributed by atoms with Gasteiger partial charge >= 0.3 is 5.97 Å². The van der Waals surface area contributed by atoms with Crippen LogP contribution in [0.25, 0.3) is 0 Å². The zero-order valence-electron chi connectivity index (χ0n) is 11.7. The monoisotopic (exact) mass is 257 g/mol. The molecular formula is C14H27NO3. The van der Waals surface area contributed by atoms with Crippen LogP contribution in [0.1, 0.15) is 58.3 Å². The van der Waals surface area contributed by atoms with Gasteiger partial charge in [0.2, 0.25) is 0 Å². The van der Waals surface area contributed by atoms with Gasteiger partial charge in [0, 0.05) is 6.61 Å². The van der Waals surface area contributed by atoms with Crippen LogP contribution in [-0.4, -0.2) is 31.3 Å². The molecule has 0 spiro atoms. The van der Waals surface area contributed by atoms with Gasteiger partial charge in [-0.3, -0.25) is 4.79 Å². The molecule has 4 heteroatoms. The number of methoxy groups -OCH3 is 1. The van der Waals surface area contributed by atoms with Crippen molar-refractivity contribution in [1.29, 1.82) is 0 Å². The molecular weight excluding hydrogens is 230 g/mol. The lowest BCUT2D eigenvalue weighted by atomic mass is 9.96. The molecule has 106 valence electrons. The van der Waals surface area contributed by atoms with Gasteiger partial charge in [-0.15, -0.1) is 0 Å². The van der Waals surface area contributed by atoms with Crippen LogP contribution in [0.2, 0.25) is 0 Å². The van der Waals surface area contributed by atoms with Gasteiger partial charge in [-0.1, -0.05) is 19.3 Å². The molecule has 1 rings (SSSR count). The Balaban J connectivity index is 2.05. The average Bonchev–Trinajstić information content (AvgIpc) is 2.38. The maximum absolute atomic E-state index is 11.4. The molecule has 0 saturated heterocycles. The second kappa shape index (κ2) is 7.74. The molecule has 1 saturated carbocycles. The highest BCUT2D eigenvalue weighted by atomic mass is 16.5. The Morgan fingerprint density at radius 1 is 1.28 bits per heavy atom. The van der Waals surface area contributed by atoms with Crippen LogP contribution in [0.5, 0.6) is 0 Å². The first-order valence-corrected chi connectivity index (χ1v) is 7.05. The van der Waals surface area contributed by atoms with Gasteiger partial charge in [-0.25, -0.2) is 0 Å². The van der Waals surface area contributed by atoms with Crippen molar-refractivity contribution in [3.63, 3.8) is 0 Å². The smallest absolute Gasteiger partial charge is 0.325 e. The van der Waals surface area contributed by atoms with Crippen molar-refractivity contribution in [2.75, 3.05) is 13.7 Å². The Morgan fingerprint density at radius 2 is 1.94 bits per heavy atom. The molecule has 0 bridgehead atoms. The van der Waals surface area contributed by atoms with E-state index in [9.17, 15) is 4.79 Å². The topological polar surface area (TPSA) is 61.5 Å². The summed E-state index contributed by atoms with van der Waals surface area (Å²) in [5.41, 5.74) is 5.02. The Bertz CT molecular complexity index is 247. The fourth-order valence-electron chi connectivity index (χ4n) is 2.41. The van der Waals surface area contributed by atoms with Crippen molar-refractivity contribution in [2.24, 2.45) is 5.73 Å². The minimum atomic E-state index is -0.862. The number of carbonyl (C=O) groups is 1. The highest BCUT2D eigenvalue weighted by Gasteiger charge is 2.28. The largest absolute Gasteiger partial charge is 0.468 e. The third-order valence-corrected chi connectivity index (χ3v) is 3.65. The fourth-order valence-corrected chi connectivity index (χ4v) is 2.41. The van der Waals surface area contributed by atoms with Gasteiger partial charge in [-0.05, 0) is 39.0 Å². The Labute approximate surface area is 110 Å². The third-order valence-electron chi connectivity index (χ3n) is 3.65. The SMILES string of the molecule is COC(=O)C(C)(N)CCCCOC1CCCCC1. The summed E-state index contributed by atoms with van der Waals surface area (Å²) >= 11 is 0. The highest BCUT2D eigenvalue weighted by molar-refractivity contribution is 5.79. The van der Waals surface area contributed by atoms with Crippen molar-refractivity contribution in [3.8, 4) is 0 Å². The van der Waals surface area contributed by atoms with Crippen LogP contribution in [0, 0.1) is 0 Å². The van der Waals surface area contributed by atoms with Crippen LogP contribution >= 0.6 is 0 Å². The Kier molecular flexibility index (Phi) is 6.65. The standard InChI is InChI=1S/C14H27NO3/c1-14(15,13(16)17-2)10-6-7-11-18-12-8-4-3-5-9-12/h12H,3-11,15H2,1-2H3. The molecule has 0 aliphatic heterocycles. The van der Waals surface area contributed by atoms with Crippen LogP contribution in [0.3, 0.4) is 0 Å². The molecule has 18 heavy (non-hydrogen) atoms. The third kappa shape index (κ3) is 5.36. The quantitative estimate of drug-likeness (QED) is 0.562. The number of rotatable bonds is 7. The van der Waals surface area contributed by atoms with Gasteiger partial charge < -0.3 is 15.2 Å². The van der Waals surface area contributed by atoms with Crippen molar-refractivity contribution >= 4 is 5.97 Å². The molecule has 0 aromatic carbocycles. The Hall–Kier alpha value is -0.610. The highest BCUT2D eigenvalue weighted by Crippen LogP contribution is 2.20. The van der Waals surface area contributed by atoms with E-state index in [4.69, 9.17) is 10.5 Å². The molecule has 1 unspecified atom stereocenters. The van der Waals surface area contributed by atoms with Gasteiger partial charge in [-0.2, -0.15) is 0 Å². The number of carbonyl (C=O) groups excluding carboxylic acids is 1. The number of esters is 1. The minimum Gasteiger partial charge on any atom is -0.468 e. The van der Waals surface area contributed by atoms with E-state index in [1.165, 1.54) is 39.2 Å². The van der Waals surface area contributed by atoms with Gasteiger partial charge in [0.05, 0.1) is 13.2 Å². The zero-order chi connectivity index (χ0) is 13.4. The summed E-state index contributed by atoms with van der Waals surface area (Å²) in [6.45, 7) is 2.50. The molecule has 0 aromatic rings. The van der Waals surface area contributed by atoms with Crippen molar-refractivity contribution in [2.45, 2.75) is 69.9 Å². The lowest BCUT2D eigenvalue weighted by Gasteiger charge is -2.23. The lowest BCUT2D eigenvalue weighted by molar-refractivity contribution is -0.146. The van der Waals surface area contributed by atoms with Gasteiger partial charge in [0.25, 0.3) is 0 Å². The number of hydrogen-bond donors (Lipinski definition) is 1. The van der Waals surface area contributed by atoms with Crippen LogP contribution in [0.4, 0.5) is 0 Å². The minimum absolute atomic E-state index is 0.337. The molecule has 1 atom stereocenters. The van der Waals surface area contributed by atoms with Crippen LogP contribution in [-0.2, 0) is 14.3 Å². The van der Waals surface area contributed by atoms with E-state index in [0.717, 1.165) is 19.4 Å². The lowest BCUT2D eigenvalue weighted by Crippen LogP contribution is -2.45. The van der Waals surface area contributed by atoms with Crippen molar-refractivity contribution in [3.05, 3.63) is 0 Å². The molecule has 0 aromatic heterocycles. The van der Waals surface area contributed by atoms with E-state index in [1.807, 2.05) is 0 Å². The van der Waals surface area contributed by atoms with E-state index in [-0.39, 0.29) is 5.97 Å². The number of ether oxygens (including phenoxy) is 2. The summed E-state index contributed by atoms with van der Waals surface area (Å²) in [5.74, 6) is -0.337. The van der Waals surface area contributed by atoms with Crippen LogP contribution in [0.15, 0.2) is 0 Å². The van der Waals surface area contributed by atoms with E-state index in [0.29, 0.717) is 12.5 Å². The summed E-state index contributed by atoms with van der Waals surface area (Å²) < 4.78 is 10.5. The van der Waals surface area contributed by atoms with Gasteiger partial charge in [0.15, 0.2) is 0 Å². The first kappa shape index (κ1) is 15.4. The van der Waals surface area contributed by atoms with E-state index < -0.39 is 5.54 Å². The van der Waals surface area contributed by atoms with E-state index in [2.05, 4.69) is 4.74 Å². The Morgan fingerprint density at radius 3 is 2.56 bits per heavy atom. The van der Waals surface area contributed by atoms with Crippen LogP contribution < -0.4 is 5.73 Å². The molecule has 1 fully saturated rings. The summed E-state index contributed by atoms with van der Waals surface area (Å²) in [5, 5.41) is 0.